The Labute approximate surface area is 125 Å². The van der Waals surface area contributed by atoms with Gasteiger partial charge in [-0.25, -0.2) is 0 Å². The van der Waals surface area contributed by atoms with Gasteiger partial charge in [-0.1, -0.05) is 31.5 Å². The predicted molar refractivity (Wildman–Crippen MR) is 82.6 cm³/mol. The Hall–Kier alpha value is -1.88. The Balaban J connectivity index is 2.31. The number of hydrogen-bond acceptors (Lipinski definition) is 3. The summed E-state index contributed by atoms with van der Waals surface area (Å²) in [5.41, 5.74) is 7.54. The summed E-state index contributed by atoms with van der Waals surface area (Å²) in [5, 5.41) is 5.88. The molecule has 0 fully saturated rings. The largest absolute Gasteiger partial charge is 0.348 e. The van der Waals surface area contributed by atoms with E-state index in [2.05, 4.69) is 10.6 Å². The van der Waals surface area contributed by atoms with Crippen molar-refractivity contribution in [2.24, 2.45) is 11.7 Å². The lowest BCUT2D eigenvalue weighted by molar-refractivity contribution is -0.123. The van der Waals surface area contributed by atoms with E-state index in [0.717, 1.165) is 24.1 Å². The number of anilines is 1. The van der Waals surface area contributed by atoms with Gasteiger partial charge in [0, 0.05) is 11.6 Å². The van der Waals surface area contributed by atoms with E-state index in [0.29, 0.717) is 6.42 Å². The fraction of sp³-hybridized carbons (Fsp3) is 0.500. The monoisotopic (exact) mass is 289 g/mol. The molecule has 114 valence electrons. The minimum atomic E-state index is -0.519. The van der Waals surface area contributed by atoms with E-state index in [4.69, 9.17) is 5.73 Å². The van der Waals surface area contributed by atoms with Crippen LogP contribution in [0.25, 0.3) is 0 Å². The van der Waals surface area contributed by atoms with Gasteiger partial charge in [-0.15, -0.1) is 0 Å². The number of hydrogen-bond donors (Lipinski definition) is 3. The van der Waals surface area contributed by atoms with E-state index in [9.17, 15) is 9.59 Å². The first-order valence-electron chi connectivity index (χ1n) is 7.44. The first kappa shape index (κ1) is 15.5. The highest BCUT2D eigenvalue weighted by Gasteiger charge is 2.22. The molecule has 0 saturated carbocycles. The van der Waals surface area contributed by atoms with E-state index >= 15 is 0 Å². The SMILES string of the molecule is CC1NC(=O)[C@@H](N)CCC[C@@H](C)C(=O)Nc2ccccc21. The number of carbonyl (C=O) groups excluding carboxylic acids is 2. The van der Waals surface area contributed by atoms with Gasteiger partial charge in [0.2, 0.25) is 11.8 Å². The standard InChI is InChI=1S/C16H23N3O2/c1-10-6-5-8-13(17)16(21)18-11(2)12-7-3-4-9-14(12)19-15(10)20/h3-4,7,9-11,13H,5-6,8,17H2,1-2H3,(H,18,21)(H,19,20)/t10-,11?,13+/m1/s1. The molecule has 5 nitrogen and oxygen atoms in total. The average molecular weight is 289 g/mol. The molecule has 5 heteroatoms. The van der Waals surface area contributed by atoms with Gasteiger partial charge in [0.1, 0.15) is 0 Å². The Kier molecular flexibility index (Phi) is 4.96. The van der Waals surface area contributed by atoms with Crippen LogP contribution in [0.1, 0.15) is 44.7 Å². The number of carbonyl (C=O) groups is 2. The maximum atomic E-state index is 12.2. The second-order valence-corrected chi connectivity index (χ2v) is 5.75. The van der Waals surface area contributed by atoms with Crippen LogP contribution in [-0.4, -0.2) is 17.9 Å². The molecule has 0 spiro atoms. The summed E-state index contributed by atoms with van der Waals surface area (Å²) in [6.45, 7) is 3.80. The van der Waals surface area contributed by atoms with Crippen LogP contribution < -0.4 is 16.4 Å². The number of para-hydroxylation sites is 1. The van der Waals surface area contributed by atoms with Crippen LogP contribution in [-0.2, 0) is 9.59 Å². The third-order valence-corrected chi connectivity index (χ3v) is 3.98. The second-order valence-electron chi connectivity index (χ2n) is 5.75. The van der Waals surface area contributed by atoms with Crippen molar-refractivity contribution in [2.45, 2.75) is 45.2 Å². The molecular formula is C16H23N3O2. The van der Waals surface area contributed by atoms with E-state index in [1.54, 1.807) is 0 Å². The first-order valence-corrected chi connectivity index (χ1v) is 7.44. The lowest BCUT2D eigenvalue weighted by atomic mass is 9.98. The number of nitrogens with one attached hydrogen (secondary N) is 2. The van der Waals surface area contributed by atoms with Crippen LogP contribution in [0.4, 0.5) is 5.69 Å². The summed E-state index contributed by atoms with van der Waals surface area (Å²) in [6.07, 6.45) is 2.08. The summed E-state index contributed by atoms with van der Waals surface area (Å²) >= 11 is 0. The lowest BCUT2D eigenvalue weighted by Crippen LogP contribution is -2.42. The lowest BCUT2D eigenvalue weighted by Gasteiger charge is -2.23. The van der Waals surface area contributed by atoms with Crippen LogP contribution in [0.5, 0.6) is 0 Å². The van der Waals surface area contributed by atoms with Crippen molar-refractivity contribution in [3.05, 3.63) is 29.8 Å². The maximum absolute atomic E-state index is 12.2. The Morgan fingerprint density at radius 2 is 1.81 bits per heavy atom. The molecule has 1 aliphatic rings. The van der Waals surface area contributed by atoms with Crippen molar-refractivity contribution in [1.82, 2.24) is 5.32 Å². The van der Waals surface area contributed by atoms with Crippen molar-refractivity contribution in [3.63, 3.8) is 0 Å². The molecule has 2 amide bonds. The molecule has 3 atom stereocenters. The normalized spacial score (nSPS) is 27.7. The molecular weight excluding hydrogens is 266 g/mol. The molecule has 1 heterocycles. The van der Waals surface area contributed by atoms with Crippen molar-refractivity contribution < 1.29 is 9.59 Å². The van der Waals surface area contributed by atoms with Gasteiger partial charge in [0.25, 0.3) is 0 Å². The Bertz CT molecular complexity index is 530. The Morgan fingerprint density at radius 3 is 2.57 bits per heavy atom. The van der Waals surface area contributed by atoms with Crippen LogP contribution in [0, 0.1) is 5.92 Å². The quantitative estimate of drug-likeness (QED) is 0.682. The zero-order valence-corrected chi connectivity index (χ0v) is 12.6. The zero-order valence-electron chi connectivity index (χ0n) is 12.6. The summed E-state index contributed by atoms with van der Waals surface area (Å²) in [6, 6.07) is 6.80. The minimum Gasteiger partial charge on any atom is -0.348 e. The van der Waals surface area contributed by atoms with Crippen LogP contribution in [0.3, 0.4) is 0 Å². The maximum Gasteiger partial charge on any atom is 0.237 e. The third-order valence-electron chi connectivity index (χ3n) is 3.98. The molecule has 1 aromatic rings. The Morgan fingerprint density at radius 1 is 1.10 bits per heavy atom. The highest BCUT2D eigenvalue weighted by molar-refractivity contribution is 5.93. The molecule has 0 saturated heterocycles. The molecule has 0 bridgehead atoms. The number of benzene rings is 1. The molecule has 0 radical (unpaired) electrons. The van der Waals surface area contributed by atoms with Crippen molar-refractivity contribution in [1.29, 1.82) is 0 Å². The van der Waals surface area contributed by atoms with Gasteiger partial charge >= 0.3 is 0 Å². The van der Waals surface area contributed by atoms with E-state index in [1.165, 1.54) is 0 Å². The van der Waals surface area contributed by atoms with Gasteiger partial charge in [-0.05, 0) is 31.4 Å². The topological polar surface area (TPSA) is 84.2 Å². The van der Waals surface area contributed by atoms with Crippen molar-refractivity contribution in [3.8, 4) is 0 Å². The number of nitrogens with two attached hydrogens (primary N) is 1. The molecule has 0 aromatic heterocycles. The smallest absolute Gasteiger partial charge is 0.237 e. The van der Waals surface area contributed by atoms with Crippen LogP contribution in [0.15, 0.2) is 24.3 Å². The number of amides is 2. The van der Waals surface area contributed by atoms with Gasteiger partial charge in [0.15, 0.2) is 0 Å². The molecule has 4 N–H and O–H groups in total. The van der Waals surface area contributed by atoms with Crippen LogP contribution >= 0.6 is 0 Å². The summed E-state index contributed by atoms with van der Waals surface area (Å²) in [7, 11) is 0. The third kappa shape index (κ3) is 3.82. The average Bonchev–Trinajstić information content (AvgIpc) is 2.46. The van der Waals surface area contributed by atoms with Gasteiger partial charge in [-0.2, -0.15) is 0 Å². The van der Waals surface area contributed by atoms with E-state index in [1.807, 2.05) is 38.1 Å². The van der Waals surface area contributed by atoms with Crippen molar-refractivity contribution in [2.75, 3.05) is 5.32 Å². The van der Waals surface area contributed by atoms with Gasteiger partial charge < -0.3 is 16.4 Å². The molecule has 0 aliphatic carbocycles. The molecule has 21 heavy (non-hydrogen) atoms. The number of rotatable bonds is 0. The van der Waals surface area contributed by atoms with Crippen molar-refractivity contribution >= 4 is 17.5 Å². The molecule has 1 unspecified atom stereocenters. The summed E-state index contributed by atoms with van der Waals surface area (Å²) in [5.74, 6) is -0.227. The van der Waals surface area contributed by atoms with Gasteiger partial charge in [-0.3, -0.25) is 9.59 Å². The van der Waals surface area contributed by atoms with Gasteiger partial charge in [0.05, 0.1) is 12.1 Å². The fourth-order valence-corrected chi connectivity index (χ4v) is 2.55. The summed E-state index contributed by atoms with van der Waals surface area (Å²) < 4.78 is 0. The van der Waals surface area contributed by atoms with E-state index < -0.39 is 6.04 Å². The van der Waals surface area contributed by atoms with E-state index in [-0.39, 0.29) is 23.8 Å². The summed E-state index contributed by atoms with van der Waals surface area (Å²) in [4.78, 5) is 24.3. The first-order chi connectivity index (χ1) is 9.99. The minimum absolute atomic E-state index is 0.00937. The molecule has 1 aromatic carbocycles. The number of fused-ring (bicyclic) bond motifs is 1. The molecule has 2 rings (SSSR count). The fourth-order valence-electron chi connectivity index (χ4n) is 2.55. The zero-order chi connectivity index (χ0) is 15.4. The second kappa shape index (κ2) is 6.72. The highest BCUT2D eigenvalue weighted by Crippen LogP contribution is 2.24. The highest BCUT2D eigenvalue weighted by atomic mass is 16.2. The molecule has 1 aliphatic heterocycles. The van der Waals surface area contributed by atoms with Crippen LogP contribution in [0.2, 0.25) is 0 Å². The predicted octanol–water partition coefficient (Wildman–Crippen LogP) is 1.95.